The average molecular weight is 414 g/mol. The highest BCUT2D eigenvalue weighted by molar-refractivity contribution is 6.63. The molecule has 2 aliphatic heterocycles. The molecule has 2 saturated carbocycles. The van der Waals surface area contributed by atoms with Crippen molar-refractivity contribution >= 4 is 14.2 Å². The molecule has 4 fully saturated rings. The Bertz CT molecular complexity index is 743. The molecule has 6 heteroatoms. The van der Waals surface area contributed by atoms with Gasteiger partial charge in [-0.1, -0.05) is 12.8 Å². The van der Waals surface area contributed by atoms with Gasteiger partial charge in [0.1, 0.15) is 0 Å². The van der Waals surface area contributed by atoms with Gasteiger partial charge in [0.2, 0.25) is 0 Å². The maximum absolute atomic E-state index is 6.71. The second-order valence-corrected chi connectivity index (χ2v) is 12.1. The van der Waals surface area contributed by atoms with Gasteiger partial charge in [0.05, 0.1) is 22.4 Å². The Kier molecular flexibility index (Phi) is 5.10. The molecule has 30 heavy (non-hydrogen) atoms. The summed E-state index contributed by atoms with van der Waals surface area (Å²) < 4.78 is 26.6. The minimum atomic E-state index is -0.422. The predicted octanol–water partition coefficient (Wildman–Crippen LogP) is 5.76. The van der Waals surface area contributed by atoms with E-state index in [0.717, 1.165) is 11.0 Å². The Labute approximate surface area is 184 Å². The average Bonchev–Trinajstić information content (AvgIpc) is 3.12. The van der Waals surface area contributed by atoms with Crippen molar-refractivity contribution in [3.05, 3.63) is 16.8 Å². The summed E-state index contributed by atoms with van der Waals surface area (Å²) in [5, 5.41) is -0.222. The van der Waals surface area contributed by atoms with Crippen LogP contribution >= 0.6 is 0 Å². The van der Waals surface area contributed by atoms with Gasteiger partial charge in [-0.2, -0.15) is 0 Å². The van der Waals surface area contributed by atoms with Crippen LogP contribution in [0.2, 0.25) is 5.31 Å². The molecular weight excluding hydrogens is 374 g/mol. The zero-order valence-electron chi connectivity index (χ0n) is 20.8. The zero-order chi connectivity index (χ0) is 22.3. The Morgan fingerprint density at radius 3 is 1.50 bits per heavy atom. The molecule has 0 spiro atoms. The van der Waals surface area contributed by atoms with Crippen molar-refractivity contribution in [3.63, 3.8) is 0 Å². The molecule has 0 aromatic rings. The maximum Gasteiger partial charge on any atom is 0.498 e. The molecule has 4 aliphatic rings. The van der Waals surface area contributed by atoms with Gasteiger partial charge in [-0.25, -0.2) is 0 Å². The van der Waals surface area contributed by atoms with Gasteiger partial charge in [-0.05, 0) is 99.5 Å². The van der Waals surface area contributed by atoms with Crippen molar-refractivity contribution in [2.75, 3.05) is 0 Å². The first-order chi connectivity index (χ1) is 13.7. The number of hydrogen-bond donors (Lipinski definition) is 0. The first kappa shape index (κ1) is 22.7. The third kappa shape index (κ3) is 3.13. The first-order valence-electron chi connectivity index (χ1n) is 11.8. The molecule has 166 valence electrons. The highest BCUT2D eigenvalue weighted by Gasteiger charge is 2.79. The zero-order valence-corrected chi connectivity index (χ0v) is 20.8. The van der Waals surface area contributed by atoms with Crippen LogP contribution in [-0.2, 0) is 18.6 Å². The molecule has 2 atom stereocenters. The van der Waals surface area contributed by atoms with Crippen LogP contribution in [0.3, 0.4) is 0 Å². The van der Waals surface area contributed by atoms with Crippen molar-refractivity contribution < 1.29 is 18.6 Å². The number of rotatable bonds is 3. The van der Waals surface area contributed by atoms with Gasteiger partial charge in [0.25, 0.3) is 0 Å². The molecule has 2 heterocycles. The van der Waals surface area contributed by atoms with Crippen LogP contribution in [-0.4, -0.2) is 36.6 Å². The first-order valence-corrected chi connectivity index (χ1v) is 11.8. The monoisotopic (exact) mass is 414 g/mol. The van der Waals surface area contributed by atoms with Gasteiger partial charge in [-0.3, -0.25) is 0 Å². The molecule has 2 aliphatic carbocycles. The Balaban J connectivity index is 1.82. The number of hydrogen-bond acceptors (Lipinski definition) is 4. The van der Waals surface area contributed by atoms with E-state index in [1.165, 1.54) is 25.7 Å². The maximum atomic E-state index is 6.71. The smallest absolute Gasteiger partial charge is 0.403 e. The largest absolute Gasteiger partial charge is 0.498 e. The summed E-state index contributed by atoms with van der Waals surface area (Å²) in [5.41, 5.74) is 4.47. The highest BCUT2D eigenvalue weighted by atomic mass is 16.7. The van der Waals surface area contributed by atoms with Crippen LogP contribution in [0.15, 0.2) is 16.8 Å². The lowest BCUT2D eigenvalue weighted by Crippen LogP contribution is -2.41. The summed E-state index contributed by atoms with van der Waals surface area (Å²) in [6.45, 7) is 21.3. The quantitative estimate of drug-likeness (QED) is 0.435. The van der Waals surface area contributed by atoms with Gasteiger partial charge in [0, 0.05) is 10.8 Å². The molecule has 0 radical (unpaired) electrons. The molecule has 0 aromatic heterocycles. The Hall–Kier alpha value is -0.510. The van der Waals surface area contributed by atoms with Crippen molar-refractivity contribution in [1.82, 2.24) is 0 Å². The third-order valence-electron chi connectivity index (χ3n) is 8.87. The summed E-state index contributed by atoms with van der Waals surface area (Å²) >= 11 is 0. The molecule has 2 unspecified atom stereocenters. The number of fused-ring (bicyclic) bond motifs is 1. The van der Waals surface area contributed by atoms with E-state index in [0.29, 0.717) is 11.8 Å². The fraction of sp³-hybridized carbons (Fsp3) is 0.875. The summed E-state index contributed by atoms with van der Waals surface area (Å²) in [6.07, 6.45) is 4.96. The fourth-order valence-electron chi connectivity index (χ4n) is 5.69. The molecule has 0 aromatic carbocycles. The molecule has 0 amide bonds. The van der Waals surface area contributed by atoms with E-state index < -0.39 is 7.12 Å². The molecule has 0 bridgehead atoms. The predicted molar refractivity (Wildman–Crippen MR) is 122 cm³/mol. The molecular formula is C24H40B2O4. The van der Waals surface area contributed by atoms with Crippen molar-refractivity contribution in [2.45, 2.75) is 123 Å². The van der Waals surface area contributed by atoms with Gasteiger partial charge >= 0.3 is 14.2 Å². The Morgan fingerprint density at radius 1 is 0.700 bits per heavy atom. The molecule has 0 N–H and O–H groups in total. The lowest BCUT2D eigenvalue weighted by molar-refractivity contribution is 0.00578. The standard InChI is InChI=1S/C24H40B2O4/c1-16(2)15-19(25-27-20(3,4)21(5,6)28-25)24(17-13-11-12-14-18(17)24)26-29-22(7,8)23(9,10)30-26/h17-18H,11-14H2,1-10H3. The van der Waals surface area contributed by atoms with E-state index in [1.54, 1.807) is 0 Å². The van der Waals surface area contributed by atoms with Crippen molar-refractivity contribution in [2.24, 2.45) is 11.8 Å². The van der Waals surface area contributed by atoms with Crippen LogP contribution in [0.1, 0.15) is 94.9 Å². The fourth-order valence-corrected chi connectivity index (χ4v) is 5.69. The lowest BCUT2D eigenvalue weighted by atomic mass is 9.52. The molecule has 2 saturated heterocycles. The van der Waals surface area contributed by atoms with E-state index >= 15 is 0 Å². The highest BCUT2D eigenvalue weighted by Crippen LogP contribution is 2.78. The van der Waals surface area contributed by atoms with Gasteiger partial charge in [-0.15, -0.1) is 5.73 Å². The van der Waals surface area contributed by atoms with E-state index in [9.17, 15) is 0 Å². The van der Waals surface area contributed by atoms with E-state index in [-0.39, 0.29) is 34.8 Å². The van der Waals surface area contributed by atoms with E-state index in [2.05, 4.69) is 75.0 Å². The van der Waals surface area contributed by atoms with E-state index in [4.69, 9.17) is 18.6 Å². The minimum absolute atomic E-state index is 0.222. The topological polar surface area (TPSA) is 36.9 Å². The normalized spacial score (nSPS) is 37.5. The SMILES string of the molecule is CC(C)=C=C(B1OC(C)(C)C(C)(C)O1)C1(B2OC(C)(C)C(C)(C)O2)C2CCCCC21. The van der Waals surface area contributed by atoms with Gasteiger partial charge in [0.15, 0.2) is 0 Å². The van der Waals surface area contributed by atoms with Crippen molar-refractivity contribution in [1.29, 1.82) is 0 Å². The molecule has 4 nitrogen and oxygen atoms in total. The summed E-state index contributed by atoms with van der Waals surface area (Å²) in [7, 11) is -0.717. The summed E-state index contributed by atoms with van der Waals surface area (Å²) in [4.78, 5) is 0. The van der Waals surface area contributed by atoms with Gasteiger partial charge < -0.3 is 18.6 Å². The van der Waals surface area contributed by atoms with Crippen LogP contribution in [0.5, 0.6) is 0 Å². The second-order valence-electron chi connectivity index (χ2n) is 12.1. The van der Waals surface area contributed by atoms with Crippen LogP contribution in [0.4, 0.5) is 0 Å². The van der Waals surface area contributed by atoms with Crippen LogP contribution < -0.4 is 0 Å². The number of allylic oxidation sites excluding steroid dienone is 1. The van der Waals surface area contributed by atoms with E-state index in [1.807, 2.05) is 0 Å². The second kappa shape index (κ2) is 6.75. The lowest BCUT2D eigenvalue weighted by Gasteiger charge is -2.32. The third-order valence-corrected chi connectivity index (χ3v) is 8.87. The Morgan fingerprint density at radius 2 is 1.10 bits per heavy atom. The summed E-state index contributed by atoms with van der Waals surface area (Å²) in [6, 6.07) is 0. The summed E-state index contributed by atoms with van der Waals surface area (Å²) in [5.74, 6) is 1.09. The minimum Gasteiger partial charge on any atom is -0.403 e. The molecule has 4 rings (SSSR count). The van der Waals surface area contributed by atoms with Crippen LogP contribution in [0.25, 0.3) is 0 Å². The van der Waals surface area contributed by atoms with Crippen LogP contribution in [0, 0.1) is 11.8 Å². The van der Waals surface area contributed by atoms with Crippen molar-refractivity contribution in [3.8, 4) is 0 Å².